The first kappa shape index (κ1) is 12.4. The van der Waals surface area contributed by atoms with E-state index in [9.17, 15) is 19.2 Å². The zero-order valence-corrected chi connectivity index (χ0v) is 8.96. The Bertz CT molecular complexity index is 413. The van der Waals surface area contributed by atoms with E-state index < -0.39 is 11.9 Å². The third-order valence-corrected chi connectivity index (χ3v) is 2.15. The van der Waals surface area contributed by atoms with Gasteiger partial charge in [-0.05, 0) is 0 Å². The number of hydrogen-bond acceptors (Lipinski definition) is 5. The van der Waals surface area contributed by atoms with Crippen LogP contribution in [0.3, 0.4) is 0 Å². The molecule has 2 amide bonds. The fourth-order valence-electron chi connectivity index (χ4n) is 0.709. The Morgan fingerprint density at radius 1 is 0.875 bits per heavy atom. The van der Waals surface area contributed by atoms with Crippen molar-refractivity contribution in [3.05, 3.63) is 22.2 Å². The first-order valence-electron chi connectivity index (χ1n) is 3.76. The van der Waals surface area contributed by atoms with Crippen LogP contribution in [-0.2, 0) is 23.9 Å². The van der Waals surface area contributed by atoms with E-state index >= 15 is 0 Å². The van der Waals surface area contributed by atoms with Gasteiger partial charge in [-0.15, -0.1) is 0 Å². The second-order valence-electron chi connectivity index (χ2n) is 2.49. The molecule has 8 heteroatoms. The Balaban J connectivity index is 0.000000165. The maximum Gasteiger partial charge on any atom is 0.359 e. The monoisotopic (exact) mass is 263 g/mol. The van der Waals surface area contributed by atoms with E-state index in [1.807, 2.05) is 5.32 Å². The predicted molar refractivity (Wildman–Crippen MR) is 52.1 cm³/mol. The van der Waals surface area contributed by atoms with Gasteiger partial charge in [0.2, 0.25) is 0 Å². The second kappa shape index (κ2) is 4.91. The van der Waals surface area contributed by atoms with Gasteiger partial charge in [-0.1, -0.05) is 23.2 Å². The number of halogens is 2. The summed E-state index contributed by atoms with van der Waals surface area (Å²) in [6.07, 6.45) is 2.39. The lowest BCUT2D eigenvalue weighted by Gasteiger charge is -1.82. The van der Waals surface area contributed by atoms with Gasteiger partial charge in [-0.3, -0.25) is 14.9 Å². The lowest BCUT2D eigenvalue weighted by Crippen LogP contribution is -2.19. The lowest BCUT2D eigenvalue weighted by atomic mass is 10.5. The van der Waals surface area contributed by atoms with Crippen molar-refractivity contribution in [1.29, 1.82) is 0 Å². The highest BCUT2D eigenvalue weighted by Crippen LogP contribution is 2.23. The summed E-state index contributed by atoms with van der Waals surface area (Å²) >= 11 is 10.3. The zero-order valence-electron chi connectivity index (χ0n) is 7.45. The summed E-state index contributed by atoms with van der Waals surface area (Å²) in [5, 5.41) is 1.34. The van der Waals surface area contributed by atoms with E-state index in [1.54, 1.807) is 0 Å². The smallest absolute Gasteiger partial charge is 0.359 e. The molecular formula is C8H3Cl2NO5. The maximum absolute atomic E-state index is 10.3. The number of carbonyl (C=O) groups is 4. The molecule has 2 aliphatic heterocycles. The van der Waals surface area contributed by atoms with Crippen molar-refractivity contribution in [2.24, 2.45) is 0 Å². The van der Waals surface area contributed by atoms with Gasteiger partial charge in [0.15, 0.2) is 10.1 Å². The molecular weight excluding hydrogens is 261 g/mol. The van der Waals surface area contributed by atoms with Gasteiger partial charge in [0, 0.05) is 12.2 Å². The van der Waals surface area contributed by atoms with Gasteiger partial charge in [0.1, 0.15) is 0 Å². The van der Waals surface area contributed by atoms with Crippen molar-refractivity contribution >= 4 is 47.0 Å². The molecule has 0 aromatic rings. The van der Waals surface area contributed by atoms with Crippen molar-refractivity contribution in [2.75, 3.05) is 0 Å². The highest BCUT2D eigenvalue weighted by Gasteiger charge is 2.30. The van der Waals surface area contributed by atoms with E-state index in [2.05, 4.69) is 4.74 Å². The number of rotatable bonds is 0. The minimum atomic E-state index is -0.883. The zero-order chi connectivity index (χ0) is 12.3. The molecule has 2 heterocycles. The Kier molecular flexibility index (Phi) is 3.81. The van der Waals surface area contributed by atoms with Crippen LogP contribution in [0.2, 0.25) is 0 Å². The maximum atomic E-state index is 10.3. The average molecular weight is 264 g/mol. The normalized spacial score (nSPS) is 18.4. The molecule has 0 aromatic heterocycles. The second-order valence-corrected chi connectivity index (χ2v) is 3.25. The molecule has 84 valence electrons. The molecule has 0 fully saturated rings. The minimum absolute atomic E-state index is 0.329. The van der Waals surface area contributed by atoms with Crippen LogP contribution in [0.15, 0.2) is 22.2 Å². The van der Waals surface area contributed by atoms with Gasteiger partial charge < -0.3 is 4.74 Å². The molecule has 2 aliphatic rings. The Hall–Kier alpha value is -1.66. The number of esters is 2. The summed E-state index contributed by atoms with van der Waals surface area (Å²) in [5.41, 5.74) is 0. The highest BCUT2D eigenvalue weighted by molar-refractivity contribution is 6.56. The Morgan fingerprint density at radius 2 is 1.25 bits per heavy atom. The predicted octanol–water partition coefficient (Wildman–Crippen LogP) is -0.0420. The standard InChI is InChI=1S/C4Cl2O3.C4H3NO2/c5-1-2(6)4(8)9-3(1)7;6-3-1-2-4(7)5-3/h;1-2H,(H,5,6,7). The van der Waals surface area contributed by atoms with Crippen LogP contribution in [0.5, 0.6) is 0 Å². The molecule has 0 bridgehead atoms. The summed E-state index contributed by atoms with van der Waals surface area (Å²) < 4.78 is 3.97. The summed E-state index contributed by atoms with van der Waals surface area (Å²) in [4.78, 5) is 40.6. The number of imide groups is 1. The number of carbonyl (C=O) groups excluding carboxylic acids is 4. The molecule has 0 aliphatic carbocycles. The van der Waals surface area contributed by atoms with Gasteiger partial charge in [0.25, 0.3) is 11.8 Å². The topological polar surface area (TPSA) is 89.5 Å². The molecule has 0 atom stereocenters. The van der Waals surface area contributed by atoms with Crippen LogP contribution in [-0.4, -0.2) is 23.8 Å². The molecule has 2 rings (SSSR count). The largest absolute Gasteiger partial charge is 0.384 e. The van der Waals surface area contributed by atoms with Crippen molar-refractivity contribution in [1.82, 2.24) is 5.32 Å². The van der Waals surface area contributed by atoms with Gasteiger partial charge >= 0.3 is 11.9 Å². The quantitative estimate of drug-likeness (QED) is 0.376. The van der Waals surface area contributed by atoms with Crippen molar-refractivity contribution in [2.45, 2.75) is 0 Å². The first-order valence-corrected chi connectivity index (χ1v) is 4.52. The molecule has 0 spiro atoms. The van der Waals surface area contributed by atoms with Gasteiger partial charge in [0.05, 0.1) is 0 Å². The van der Waals surface area contributed by atoms with E-state index in [0.717, 1.165) is 0 Å². The number of nitrogens with one attached hydrogen (secondary N) is 1. The number of ether oxygens (including phenoxy) is 1. The lowest BCUT2D eigenvalue weighted by molar-refractivity contribution is -0.150. The third-order valence-electron chi connectivity index (χ3n) is 1.37. The van der Waals surface area contributed by atoms with Crippen molar-refractivity contribution in [3.8, 4) is 0 Å². The summed E-state index contributed by atoms with van der Waals surface area (Å²) in [6.45, 7) is 0. The van der Waals surface area contributed by atoms with Crippen LogP contribution in [0.4, 0.5) is 0 Å². The van der Waals surface area contributed by atoms with E-state index in [-0.39, 0.29) is 21.9 Å². The Labute approximate surface area is 98.8 Å². The van der Waals surface area contributed by atoms with E-state index in [1.165, 1.54) is 12.2 Å². The van der Waals surface area contributed by atoms with Crippen molar-refractivity contribution < 1.29 is 23.9 Å². The molecule has 0 unspecified atom stereocenters. The number of cyclic esters (lactones) is 2. The van der Waals surface area contributed by atoms with Gasteiger partial charge in [-0.2, -0.15) is 0 Å². The van der Waals surface area contributed by atoms with Crippen LogP contribution >= 0.6 is 23.2 Å². The van der Waals surface area contributed by atoms with Crippen LogP contribution in [0.25, 0.3) is 0 Å². The summed E-state index contributed by atoms with van der Waals surface area (Å²) in [7, 11) is 0. The third kappa shape index (κ3) is 2.91. The molecule has 1 N–H and O–H groups in total. The summed E-state index contributed by atoms with van der Waals surface area (Å²) in [5.74, 6) is -2.42. The molecule has 6 nitrogen and oxygen atoms in total. The fraction of sp³-hybridized carbons (Fsp3) is 0. The van der Waals surface area contributed by atoms with Crippen LogP contribution < -0.4 is 5.32 Å². The number of amides is 2. The fourth-order valence-corrected chi connectivity index (χ4v) is 0.941. The van der Waals surface area contributed by atoms with Crippen molar-refractivity contribution in [3.63, 3.8) is 0 Å². The highest BCUT2D eigenvalue weighted by atomic mass is 35.5. The molecule has 0 saturated heterocycles. The van der Waals surface area contributed by atoms with Crippen LogP contribution in [0, 0.1) is 0 Å². The minimum Gasteiger partial charge on any atom is -0.384 e. The van der Waals surface area contributed by atoms with Gasteiger partial charge in [-0.25, -0.2) is 9.59 Å². The Morgan fingerprint density at radius 3 is 1.38 bits per heavy atom. The molecule has 16 heavy (non-hydrogen) atoms. The molecule has 0 radical (unpaired) electrons. The number of hydrogen-bond donors (Lipinski definition) is 1. The SMILES string of the molecule is O=C1C=CC(=O)N1.O=C1OC(=O)C(Cl)=C1Cl. The molecule has 0 saturated carbocycles. The van der Waals surface area contributed by atoms with Crippen LogP contribution in [0.1, 0.15) is 0 Å². The first-order chi connectivity index (χ1) is 7.41. The average Bonchev–Trinajstić information content (AvgIpc) is 2.68. The summed E-state index contributed by atoms with van der Waals surface area (Å²) in [6, 6.07) is 0. The van der Waals surface area contributed by atoms with E-state index in [0.29, 0.717) is 0 Å². The molecule has 0 aromatic carbocycles. The van der Waals surface area contributed by atoms with E-state index in [4.69, 9.17) is 23.2 Å².